The Hall–Kier alpha value is -1.63. The lowest BCUT2D eigenvalue weighted by Crippen LogP contribution is -2.27. The fraction of sp³-hybridized carbons (Fsp3) is 0.0909. The van der Waals surface area contributed by atoms with Crippen LogP contribution in [0.3, 0.4) is 0 Å². The van der Waals surface area contributed by atoms with Gasteiger partial charge in [0.1, 0.15) is 11.7 Å². The minimum absolute atomic E-state index is 0.289. The first-order chi connectivity index (χ1) is 8.63. The van der Waals surface area contributed by atoms with Crippen LogP contribution in [0.25, 0.3) is 11.0 Å². The lowest BCUT2D eigenvalue weighted by atomic mass is 10.1. The largest absolute Gasteiger partial charge is 0.423 e. The molecule has 0 radical (unpaired) electrons. The molecule has 1 unspecified atom stereocenters. The van der Waals surface area contributed by atoms with Gasteiger partial charge in [-0.05, 0) is 30.4 Å². The third kappa shape index (κ3) is 1.94. The summed E-state index contributed by atoms with van der Waals surface area (Å²) in [5, 5.41) is 4.81. The van der Waals surface area contributed by atoms with Crippen molar-refractivity contribution in [2.24, 2.45) is 0 Å². The number of hydrogen-bond acceptors (Lipinski definition) is 4. The highest BCUT2D eigenvalue weighted by molar-refractivity contribution is 7.80. The van der Waals surface area contributed by atoms with E-state index >= 15 is 0 Å². The summed E-state index contributed by atoms with van der Waals surface area (Å²) in [6, 6.07) is 6.51. The van der Waals surface area contributed by atoms with Gasteiger partial charge in [-0.15, -0.1) is 0 Å². The highest BCUT2D eigenvalue weighted by atomic mass is 35.5. The second kappa shape index (κ2) is 4.24. The number of hydrazine groups is 1. The van der Waals surface area contributed by atoms with Gasteiger partial charge in [-0.3, -0.25) is 5.43 Å². The predicted molar refractivity (Wildman–Crippen MR) is 72.2 cm³/mol. The fourth-order valence-corrected chi connectivity index (χ4v) is 2.24. The van der Waals surface area contributed by atoms with Crippen LogP contribution in [0.1, 0.15) is 11.7 Å². The van der Waals surface area contributed by atoms with Gasteiger partial charge in [0.2, 0.25) is 0 Å². The van der Waals surface area contributed by atoms with Crippen LogP contribution in [-0.4, -0.2) is 5.11 Å². The summed E-state index contributed by atoms with van der Waals surface area (Å²) in [7, 11) is 0. The van der Waals surface area contributed by atoms with Crippen molar-refractivity contribution < 1.29 is 4.42 Å². The smallest absolute Gasteiger partial charge is 0.336 e. The molecule has 1 fully saturated rings. The molecular formula is C11H8ClN3O2S. The summed E-state index contributed by atoms with van der Waals surface area (Å²) < 4.78 is 5.12. The van der Waals surface area contributed by atoms with E-state index in [4.69, 9.17) is 28.2 Å². The van der Waals surface area contributed by atoms with Crippen molar-refractivity contribution in [3.8, 4) is 0 Å². The summed E-state index contributed by atoms with van der Waals surface area (Å²) in [6.07, 6.45) is -0.289. The fourth-order valence-electron chi connectivity index (χ4n) is 1.89. The monoisotopic (exact) mass is 281 g/mol. The molecule has 1 saturated heterocycles. The Labute approximate surface area is 112 Å². The highest BCUT2D eigenvalue weighted by Gasteiger charge is 2.21. The van der Waals surface area contributed by atoms with Crippen molar-refractivity contribution in [2.45, 2.75) is 6.17 Å². The number of hydrogen-bond donors (Lipinski definition) is 3. The van der Waals surface area contributed by atoms with Crippen molar-refractivity contribution in [3.05, 3.63) is 45.3 Å². The lowest BCUT2D eigenvalue weighted by Gasteiger charge is -2.12. The van der Waals surface area contributed by atoms with E-state index in [1.807, 2.05) is 0 Å². The summed E-state index contributed by atoms with van der Waals surface area (Å²) in [5.74, 6) is 0. The Bertz CT molecular complexity index is 700. The summed E-state index contributed by atoms with van der Waals surface area (Å²) in [6.45, 7) is 0. The first-order valence-corrected chi connectivity index (χ1v) is 5.97. The minimum Gasteiger partial charge on any atom is -0.423 e. The van der Waals surface area contributed by atoms with Gasteiger partial charge >= 0.3 is 5.63 Å². The Balaban J connectivity index is 2.23. The molecular weight excluding hydrogens is 274 g/mol. The Morgan fingerprint density at radius 2 is 2.17 bits per heavy atom. The molecule has 2 aromatic rings. The number of nitrogens with one attached hydrogen (secondary N) is 3. The molecule has 0 aliphatic carbocycles. The number of benzene rings is 1. The molecule has 1 aliphatic heterocycles. The van der Waals surface area contributed by atoms with Crippen LogP contribution in [0.5, 0.6) is 0 Å². The normalized spacial score (nSPS) is 18.7. The van der Waals surface area contributed by atoms with Crippen molar-refractivity contribution >= 4 is 39.9 Å². The number of fused-ring (bicyclic) bond motifs is 1. The van der Waals surface area contributed by atoms with Crippen LogP contribution >= 0.6 is 23.8 Å². The molecule has 3 N–H and O–H groups in total. The van der Waals surface area contributed by atoms with Crippen LogP contribution in [0.4, 0.5) is 0 Å². The molecule has 1 aliphatic rings. The van der Waals surface area contributed by atoms with E-state index < -0.39 is 5.63 Å². The summed E-state index contributed by atoms with van der Waals surface area (Å²) in [5.41, 5.74) is 6.51. The predicted octanol–water partition coefficient (Wildman–Crippen LogP) is 1.43. The topological polar surface area (TPSA) is 66.3 Å². The first kappa shape index (κ1) is 11.5. The Morgan fingerprint density at radius 1 is 1.33 bits per heavy atom. The summed E-state index contributed by atoms with van der Waals surface area (Å²) in [4.78, 5) is 11.5. The minimum atomic E-state index is -0.416. The molecule has 0 saturated carbocycles. The maximum atomic E-state index is 11.5. The molecule has 92 valence electrons. The molecule has 0 spiro atoms. The van der Waals surface area contributed by atoms with Crippen LogP contribution in [0.15, 0.2) is 33.5 Å². The van der Waals surface area contributed by atoms with E-state index in [1.165, 1.54) is 6.07 Å². The van der Waals surface area contributed by atoms with E-state index in [0.717, 1.165) is 10.9 Å². The van der Waals surface area contributed by atoms with Crippen molar-refractivity contribution in [1.29, 1.82) is 0 Å². The van der Waals surface area contributed by atoms with Gasteiger partial charge in [0.25, 0.3) is 0 Å². The molecule has 7 heteroatoms. The van der Waals surface area contributed by atoms with E-state index in [0.29, 0.717) is 15.7 Å². The zero-order valence-electron chi connectivity index (χ0n) is 8.99. The quantitative estimate of drug-likeness (QED) is 0.543. The van der Waals surface area contributed by atoms with Gasteiger partial charge in [0.05, 0.1) is 0 Å². The molecule has 5 nitrogen and oxygen atoms in total. The second-order valence-electron chi connectivity index (χ2n) is 3.84. The molecule has 2 heterocycles. The van der Waals surface area contributed by atoms with Crippen LogP contribution in [0, 0.1) is 0 Å². The standard InChI is InChI=1S/C11H8ClN3O2S/c12-5-1-2-8-6(3-5)7(4-9(16)17-8)10-13-11(18)15-14-10/h1-4,10,14H,(H2,13,15,18). The van der Waals surface area contributed by atoms with Gasteiger partial charge in [0.15, 0.2) is 5.11 Å². The third-order valence-electron chi connectivity index (χ3n) is 2.65. The number of rotatable bonds is 1. The van der Waals surface area contributed by atoms with Crippen LogP contribution < -0.4 is 21.8 Å². The Kier molecular flexibility index (Phi) is 2.70. The average molecular weight is 282 g/mol. The van der Waals surface area contributed by atoms with Gasteiger partial charge in [-0.1, -0.05) is 11.6 Å². The average Bonchev–Trinajstić information content (AvgIpc) is 2.75. The maximum Gasteiger partial charge on any atom is 0.336 e. The van der Waals surface area contributed by atoms with Gasteiger partial charge < -0.3 is 9.73 Å². The van der Waals surface area contributed by atoms with E-state index in [-0.39, 0.29) is 6.17 Å². The molecule has 1 atom stereocenters. The molecule has 1 aromatic carbocycles. The van der Waals surface area contributed by atoms with Crippen LogP contribution in [-0.2, 0) is 0 Å². The maximum absolute atomic E-state index is 11.5. The zero-order chi connectivity index (χ0) is 12.7. The SMILES string of the molecule is O=c1cc(C2NNC(=S)N2)c2cc(Cl)ccc2o1. The van der Waals surface area contributed by atoms with Crippen molar-refractivity contribution in [1.82, 2.24) is 16.2 Å². The third-order valence-corrected chi connectivity index (χ3v) is 3.11. The molecule has 3 rings (SSSR count). The zero-order valence-corrected chi connectivity index (χ0v) is 10.6. The van der Waals surface area contributed by atoms with Gasteiger partial charge in [0, 0.05) is 22.0 Å². The molecule has 1 aromatic heterocycles. The van der Waals surface area contributed by atoms with Crippen molar-refractivity contribution in [2.75, 3.05) is 0 Å². The number of thiocarbonyl (C=S) groups is 1. The lowest BCUT2D eigenvalue weighted by molar-refractivity contribution is 0.532. The van der Waals surface area contributed by atoms with E-state index in [2.05, 4.69) is 16.2 Å². The van der Waals surface area contributed by atoms with E-state index in [1.54, 1.807) is 18.2 Å². The van der Waals surface area contributed by atoms with E-state index in [9.17, 15) is 4.79 Å². The highest BCUT2D eigenvalue weighted by Crippen LogP contribution is 2.25. The van der Waals surface area contributed by atoms with Gasteiger partial charge in [-0.2, -0.15) is 0 Å². The molecule has 0 amide bonds. The summed E-state index contributed by atoms with van der Waals surface area (Å²) >= 11 is 10.9. The molecule has 18 heavy (non-hydrogen) atoms. The Morgan fingerprint density at radius 3 is 2.89 bits per heavy atom. The number of halogens is 1. The molecule has 0 bridgehead atoms. The first-order valence-electron chi connectivity index (χ1n) is 5.19. The second-order valence-corrected chi connectivity index (χ2v) is 4.68. The van der Waals surface area contributed by atoms with Crippen LogP contribution in [0.2, 0.25) is 5.02 Å². The van der Waals surface area contributed by atoms with Gasteiger partial charge in [-0.25, -0.2) is 10.2 Å². The van der Waals surface area contributed by atoms with Crippen molar-refractivity contribution in [3.63, 3.8) is 0 Å².